The molecule has 1 aromatic heterocycles. The van der Waals surface area contributed by atoms with Crippen LogP contribution in [0.4, 0.5) is 17.2 Å². The topological polar surface area (TPSA) is 42.9 Å². The quantitative estimate of drug-likeness (QED) is 0.831. The van der Waals surface area contributed by atoms with Gasteiger partial charge in [-0.25, -0.2) is 4.98 Å². The summed E-state index contributed by atoms with van der Waals surface area (Å²) in [7, 11) is 2.15. The van der Waals surface area contributed by atoms with Crippen molar-refractivity contribution in [3.05, 3.63) is 48.7 Å². The van der Waals surface area contributed by atoms with Gasteiger partial charge >= 0.3 is 0 Å². The van der Waals surface area contributed by atoms with Gasteiger partial charge in [0.25, 0.3) is 0 Å². The lowest BCUT2D eigenvalue weighted by Gasteiger charge is -2.38. The van der Waals surface area contributed by atoms with Gasteiger partial charge in [-0.05, 0) is 31.3 Å². The van der Waals surface area contributed by atoms with Crippen molar-refractivity contribution >= 4 is 23.1 Å². The van der Waals surface area contributed by atoms with Crippen LogP contribution in [0.1, 0.15) is 6.42 Å². The summed E-state index contributed by atoms with van der Waals surface area (Å²) >= 11 is 0. The first-order valence-corrected chi connectivity index (χ1v) is 9.71. The zero-order valence-corrected chi connectivity index (χ0v) is 15.9. The third kappa shape index (κ3) is 3.96. The molecule has 0 N–H and O–H groups in total. The van der Waals surface area contributed by atoms with Crippen LogP contribution in [0.25, 0.3) is 0 Å². The summed E-state index contributed by atoms with van der Waals surface area (Å²) in [4.78, 5) is 26.3. The van der Waals surface area contributed by atoms with Crippen LogP contribution >= 0.6 is 0 Å². The average Bonchev–Trinajstić information content (AvgIpc) is 2.73. The molecule has 1 fully saturated rings. The van der Waals surface area contributed by atoms with Crippen LogP contribution in [0.2, 0.25) is 0 Å². The number of carbonyl (C=O) groups is 1. The molecule has 0 saturated carbocycles. The van der Waals surface area contributed by atoms with Gasteiger partial charge in [0.05, 0.1) is 11.4 Å². The van der Waals surface area contributed by atoms with Crippen molar-refractivity contribution in [2.45, 2.75) is 6.42 Å². The Hall–Kier alpha value is -2.44. The summed E-state index contributed by atoms with van der Waals surface area (Å²) in [5.41, 5.74) is 2.04. The Bertz CT molecular complexity index is 773. The first-order chi connectivity index (χ1) is 13.2. The summed E-state index contributed by atoms with van der Waals surface area (Å²) in [6.45, 7) is 6.56. The molecule has 0 spiro atoms. The maximum Gasteiger partial charge on any atom is 0.228 e. The van der Waals surface area contributed by atoms with Gasteiger partial charge in [-0.15, -0.1) is 0 Å². The van der Waals surface area contributed by atoms with E-state index in [1.807, 2.05) is 47.5 Å². The lowest BCUT2D eigenvalue weighted by Crippen LogP contribution is -2.47. The molecule has 0 atom stereocenters. The lowest BCUT2D eigenvalue weighted by molar-refractivity contribution is -0.119. The van der Waals surface area contributed by atoms with Gasteiger partial charge in [-0.3, -0.25) is 4.79 Å². The number of hydrogen-bond acceptors (Lipinski definition) is 5. The Morgan fingerprint density at radius 3 is 2.41 bits per heavy atom. The van der Waals surface area contributed by atoms with Gasteiger partial charge < -0.3 is 19.6 Å². The molecular formula is C21H27N5O. The SMILES string of the molecule is CN1CCN(CCC(=O)N2CCN(c3ccccn3)c3ccccc32)CC1. The van der Waals surface area contributed by atoms with Gasteiger partial charge in [-0.1, -0.05) is 18.2 Å². The number of carbonyl (C=O) groups excluding carboxylic acids is 1. The molecule has 1 aromatic carbocycles. The van der Waals surface area contributed by atoms with E-state index in [4.69, 9.17) is 0 Å². The van der Waals surface area contributed by atoms with Crippen LogP contribution in [-0.4, -0.2) is 73.6 Å². The molecule has 3 heterocycles. The Labute approximate surface area is 161 Å². The largest absolute Gasteiger partial charge is 0.323 e. The molecule has 6 nitrogen and oxygen atoms in total. The van der Waals surface area contributed by atoms with Crippen molar-refractivity contribution in [1.82, 2.24) is 14.8 Å². The van der Waals surface area contributed by atoms with Crippen LogP contribution in [0.15, 0.2) is 48.7 Å². The van der Waals surface area contributed by atoms with Gasteiger partial charge in [0.1, 0.15) is 5.82 Å². The second-order valence-corrected chi connectivity index (χ2v) is 7.27. The zero-order valence-electron chi connectivity index (χ0n) is 15.9. The van der Waals surface area contributed by atoms with E-state index >= 15 is 0 Å². The maximum atomic E-state index is 13.0. The van der Waals surface area contributed by atoms with Crippen molar-refractivity contribution in [3.63, 3.8) is 0 Å². The second-order valence-electron chi connectivity index (χ2n) is 7.27. The highest BCUT2D eigenvalue weighted by atomic mass is 16.2. The molecule has 27 heavy (non-hydrogen) atoms. The van der Waals surface area contributed by atoms with Crippen LogP contribution in [0, 0.1) is 0 Å². The van der Waals surface area contributed by atoms with E-state index in [9.17, 15) is 4.79 Å². The summed E-state index contributed by atoms with van der Waals surface area (Å²) in [5, 5.41) is 0. The number of pyridine rings is 1. The minimum absolute atomic E-state index is 0.210. The predicted octanol–water partition coefficient (Wildman–Crippen LogP) is 2.20. The third-order valence-corrected chi connectivity index (χ3v) is 5.48. The van der Waals surface area contributed by atoms with E-state index in [0.717, 1.165) is 56.5 Å². The van der Waals surface area contributed by atoms with Crippen LogP contribution in [0.5, 0.6) is 0 Å². The molecule has 2 aliphatic rings. The molecule has 0 aliphatic carbocycles. The van der Waals surface area contributed by atoms with E-state index in [0.29, 0.717) is 13.0 Å². The molecular weight excluding hydrogens is 338 g/mol. The first-order valence-electron chi connectivity index (χ1n) is 9.71. The molecule has 6 heteroatoms. The highest BCUT2D eigenvalue weighted by Crippen LogP contribution is 2.36. The van der Waals surface area contributed by atoms with Crippen molar-refractivity contribution in [1.29, 1.82) is 0 Å². The molecule has 142 valence electrons. The molecule has 2 aliphatic heterocycles. The number of hydrogen-bond donors (Lipinski definition) is 0. The molecule has 4 rings (SSSR count). The van der Waals surface area contributed by atoms with Gasteiger partial charge in [-0.2, -0.15) is 0 Å². The second kappa shape index (κ2) is 8.06. The fraction of sp³-hybridized carbons (Fsp3) is 0.429. The molecule has 0 unspecified atom stereocenters. The van der Waals surface area contributed by atoms with E-state index < -0.39 is 0 Å². The molecule has 0 radical (unpaired) electrons. The number of piperazine rings is 1. The van der Waals surface area contributed by atoms with Crippen LogP contribution < -0.4 is 9.80 Å². The van der Waals surface area contributed by atoms with E-state index in [1.165, 1.54) is 0 Å². The predicted molar refractivity (Wildman–Crippen MR) is 109 cm³/mol. The Balaban J connectivity index is 1.46. The minimum atomic E-state index is 0.210. The van der Waals surface area contributed by atoms with Crippen LogP contribution in [-0.2, 0) is 4.79 Å². The highest BCUT2D eigenvalue weighted by molar-refractivity contribution is 5.98. The molecule has 0 bridgehead atoms. The average molecular weight is 365 g/mol. The van der Waals surface area contributed by atoms with Crippen molar-refractivity contribution < 1.29 is 4.79 Å². The van der Waals surface area contributed by atoms with Gasteiger partial charge in [0.15, 0.2) is 0 Å². The molecule has 1 amide bonds. The van der Waals surface area contributed by atoms with Gasteiger partial charge in [0, 0.05) is 58.4 Å². The van der Waals surface area contributed by atoms with Crippen molar-refractivity contribution in [3.8, 4) is 0 Å². The van der Waals surface area contributed by atoms with E-state index in [2.05, 4.69) is 32.8 Å². The van der Waals surface area contributed by atoms with Gasteiger partial charge in [0.2, 0.25) is 5.91 Å². The number of amides is 1. The number of nitrogens with zero attached hydrogens (tertiary/aromatic N) is 5. The number of fused-ring (bicyclic) bond motifs is 1. The number of benzene rings is 1. The third-order valence-electron chi connectivity index (χ3n) is 5.48. The number of aromatic nitrogens is 1. The maximum absolute atomic E-state index is 13.0. The van der Waals surface area contributed by atoms with E-state index in [-0.39, 0.29) is 5.91 Å². The Kier molecular flexibility index (Phi) is 5.36. The van der Waals surface area contributed by atoms with E-state index in [1.54, 1.807) is 0 Å². The number of anilines is 3. The minimum Gasteiger partial charge on any atom is -0.323 e. The monoisotopic (exact) mass is 365 g/mol. The number of likely N-dealkylation sites (N-methyl/N-ethyl adjacent to an activating group) is 1. The summed E-state index contributed by atoms with van der Waals surface area (Å²) in [6.07, 6.45) is 2.38. The lowest BCUT2D eigenvalue weighted by atomic mass is 10.1. The fourth-order valence-electron chi connectivity index (χ4n) is 3.83. The molecule has 1 saturated heterocycles. The number of rotatable bonds is 4. The van der Waals surface area contributed by atoms with Crippen molar-refractivity contribution in [2.24, 2.45) is 0 Å². The molecule has 2 aromatic rings. The summed E-state index contributed by atoms with van der Waals surface area (Å²) < 4.78 is 0. The summed E-state index contributed by atoms with van der Waals surface area (Å²) in [6, 6.07) is 14.1. The highest BCUT2D eigenvalue weighted by Gasteiger charge is 2.28. The normalized spacial score (nSPS) is 18.4. The standard InChI is InChI=1S/C21H27N5O/c1-23-12-14-24(15-13-23)11-9-21(27)26-17-16-25(20-8-4-5-10-22-20)18-6-2-3-7-19(18)26/h2-8,10H,9,11-17H2,1H3. The fourth-order valence-corrected chi connectivity index (χ4v) is 3.83. The summed E-state index contributed by atoms with van der Waals surface area (Å²) in [5.74, 6) is 1.14. The van der Waals surface area contributed by atoms with Crippen molar-refractivity contribution in [2.75, 3.05) is 62.7 Å². The van der Waals surface area contributed by atoms with Crippen LogP contribution in [0.3, 0.4) is 0 Å². The first kappa shape index (κ1) is 17.9. The Morgan fingerprint density at radius 2 is 1.67 bits per heavy atom. The zero-order chi connectivity index (χ0) is 18.6. The number of para-hydroxylation sites is 2. The Morgan fingerprint density at radius 1 is 0.926 bits per heavy atom. The smallest absolute Gasteiger partial charge is 0.228 e.